The molecule has 0 fully saturated rings. The van der Waals surface area contributed by atoms with Crippen LogP contribution in [0, 0.1) is 6.92 Å². The van der Waals surface area contributed by atoms with E-state index in [0.717, 1.165) is 5.56 Å². The number of benzene rings is 1. The molecule has 1 aliphatic carbocycles. The van der Waals surface area contributed by atoms with Crippen LogP contribution in [-0.2, 0) is 14.8 Å². The lowest BCUT2D eigenvalue weighted by Crippen LogP contribution is -2.31. The maximum atomic E-state index is 12.6. The average molecular weight is 331 g/mol. The highest BCUT2D eigenvalue weighted by Gasteiger charge is 2.31. The standard InChI is InChI=1S/C17H17NO4S/c1-12-7-9-13(10-8-12)23(20,21)18-17(16-6-3-11-22-16)14-4-2-5-15(14)19/h3-4,6-11,17-18H,2,5H2,1H3. The van der Waals surface area contributed by atoms with Crippen LogP contribution in [0.3, 0.4) is 0 Å². The molecule has 1 N–H and O–H groups in total. The van der Waals surface area contributed by atoms with E-state index in [4.69, 9.17) is 4.42 Å². The average Bonchev–Trinajstić information content (AvgIpc) is 3.17. The van der Waals surface area contributed by atoms with Crippen molar-refractivity contribution < 1.29 is 17.6 Å². The topological polar surface area (TPSA) is 76.4 Å². The highest BCUT2D eigenvalue weighted by atomic mass is 32.2. The van der Waals surface area contributed by atoms with E-state index in [2.05, 4.69) is 4.72 Å². The number of carbonyl (C=O) groups is 1. The lowest BCUT2D eigenvalue weighted by molar-refractivity contribution is -0.115. The van der Waals surface area contributed by atoms with Crippen LogP contribution in [0.5, 0.6) is 0 Å². The first-order chi connectivity index (χ1) is 11.0. The van der Waals surface area contributed by atoms with E-state index in [0.29, 0.717) is 24.2 Å². The monoisotopic (exact) mass is 331 g/mol. The fourth-order valence-electron chi connectivity index (χ4n) is 2.57. The molecule has 0 saturated carbocycles. The molecule has 1 aromatic heterocycles. The van der Waals surface area contributed by atoms with Crippen LogP contribution in [0.25, 0.3) is 0 Å². The highest BCUT2D eigenvalue weighted by molar-refractivity contribution is 7.89. The van der Waals surface area contributed by atoms with Crippen LogP contribution in [0.1, 0.15) is 30.2 Å². The molecule has 0 saturated heterocycles. The number of allylic oxidation sites excluding steroid dienone is 1. The van der Waals surface area contributed by atoms with Crippen molar-refractivity contribution in [3.8, 4) is 0 Å². The van der Waals surface area contributed by atoms with Crippen LogP contribution in [-0.4, -0.2) is 14.2 Å². The fraction of sp³-hybridized carbons (Fsp3) is 0.235. The fourth-order valence-corrected chi connectivity index (χ4v) is 3.75. The first kappa shape index (κ1) is 15.7. The molecule has 23 heavy (non-hydrogen) atoms. The van der Waals surface area contributed by atoms with Crippen molar-refractivity contribution in [3.63, 3.8) is 0 Å². The lowest BCUT2D eigenvalue weighted by Gasteiger charge is -2.17. The summed E-state index contributed by atoms with van der Waals surface area (Å²) < 4.78 is 33.2. The van der Waals surface area contributed by atoms with Gasteiger partial charge in [-0.3, -0.25) is 4.79 Å². The Morgan fingerprint density at radius 2 is 1.91 bits per heavy atom. The summed E-state index contributed by atoms with van der Waals surface area (Å²) >= 11 is 0. The van der Waals surface area contributed by atoms with Crippen LogP contribution in [0.2, 0.25) is 0 Å². The minimum Gasteiger partial charge on any atom is -0.467 e. The second-order valence-electron chi connectivity index (χ2n) is 5.50. The number of rotatable bonds is 5. The Morgan fingerprint density at radius 1 is 1.17 bits per heavy atom. The smallest absolute Gasteiger partial charge is 0.241 e. The maximum absolute atomic E-state index is 12.6. The third-order valence-corrected chi connectivity index (χ3v) is 5.24. The minimum absolute atomic E-state index is 0.0574. The molecule has 6 heteroatoms. The molecule has 2 aromatic rings. The summed E-state index contributed by atoms with van der Waals surface area (Å²) in [6, 6.07) is 9.08. The highest BCUT2D eigenvalue weighted by Crippen LogP contribution is 2.30. The Hall–Kier alpha value is -2.18. The molecule has 1 atom stereocenters. The second kappa shape index (κ2) is 6.14. The zero-order valence-corrected chi connectivity index (χ0v) is 13.5. The van der Waals surface area contributed by atoms with Crippen LogP contribution < -0.4 is 4.72 Å². The van der Waals surface area contributed by atoms with Crippen molar-refractivity contribution in [2.45, 2.75) is 30.7 Å². The molecular weight excluding hydrogens is 314 g/mol. The molecule has 1 aromatic carbocycles. The molecule has 1 unspecified atom stereocenters. The second-order valence-corrected chi connectivity index (χ2v) is 7.22. The molecule has 120 valence electrons. The molecule has 3 rings (SSSR count). The number of furan rings is 1. The SMILES string of the molecule is Cc1ccc(S(=O)(=O)NC(C2=CCCC2=O)c2ccco2)cc1. The number of ketones is 1. The quantitative estimate of drug-likeness (QED) is 0.914. The largest absolute Gasteiger partial charge is 0.467 e. The Morgan fingerprint density at radius 3 is 2.48 bits per heavy atom. The van der Waals surface area contributed by atoms with Gasteiger partial charge in [0.15, 0.2) is 5.78 Å². The molecule has 1 heterocycles. The van der Waals surface area contributed by atoms with Gasteiger partial charge >= 0.3 is 0 Å². The molecule has 0 aliphatic heterocycles. The van der Waals surface area contributed by atoms with Gasteiger partial charge in [0.2, 0.25) is 10.0 Å². The number of sulfonamides is 1. The van der Waals surface area contributed by atoms with Crippen molar-refractivity contribution in [2.75, 3.05) is 0 Å². The summed E-state index contributed by atoms with van der Waals surface area (Å²) in [6.07, 6.45) is 4.26. The molecule has 1 aliphatic rings. The van der Waals surface area contributed by atoms with E-state index < -0.39 is 16.1 Å². The van der Waals surface area contributed by atoms with Crippen LogP contribution in [0.15, 0.2) is 63.6 Å². The van der Waals surface area contributed by atoms with E-state index in [1.54, 1.807) is 42.5 Å². The molecule has 5 nitrogen and oxygen atoms in total. The number of carbonyl (C=O) groups excluding carboxylic acids is 1. The molecule has 0 radical (unpaired) electrons. The van der Waals surface area contributed by atoms with Gasteiger partial charge in [0.05, 0.1) is 11.2 Å². The third-order valence-electron chi connectivity index (χ3n) is 3.80. The summed E-state index contributed by atoms with van der Waals surface area (Å²) in [5.41, 5.74) is 1.41. The van der Waals surface area contributed by atoms with Gasteiger partial charge in [0.25, 0.3) is 0 Å². The van der Waals surface area contributed by atoms with E-state index in [9.17, 15) is 13.2 Å². The number of hydrogen-bond acceptors (Lipinski definition) is 4. The van der Waals surface area contributed by atoms with Gasteiger partial charge in [-0.25, -0.2) is 8.42 Å². The minimum atomic E-state index is -3.77. The van der Waals surface area contributed by atoms with Gasteiger partial charge in [-0.2, -0.15) is 4.72 Å². The predicted molar refractivity (Wildman–Crippen MR) is 85.3 cm³/mol. The van der Waals surface area contributed by atoms with Gasteiger partial charge in [-0.05, 0) is 37.6 Å². The molecule has 0 spiro atoms. The number of hydrogen-bond donors (Lipinski definition) is 1. The van der Waals surface area contributed by atoms with Crippen LogP contribution in [0.4, 0.5) is 0 Å². The normalized spacial score (nSPS) is 16.4. The number of aryl methyl sites for hydroxylation is 1. The maximum Gasteiger partial charge on any atom is 0.241 e. The van der Waals surface area contributed by atoms with Gasteiger partial charge in [0.1, 0.15) is 11.8 Å². The van der Waals surface area contributed by atoms with Crippen molar-refractivity contribution in [1.82, 2.24) is 4.72 Å². The van der Waals surface area contributed by atoms with Gasteiger partial charge in [-0.1, -0.05) is 23.8 Å². The van der Waals surface area contributed by atoms with Gasteiger partial charge < -0.3 is 4.42 Å². The van der Waals surface area contributed by atoms with E-state index >= 15 is 0 Å². The van der Waals surface area contributed by atoms with Crippen molar-refractivity contribution >= 4 is 15.8 Å². The lowest BCUT2D eigenvalue weighted by atomic mass is 10.0. The molecule has 0 amide bonds. The van der Waals surface area contributed by atoms with Crippen molar-refractivity contribution in [1.29, 1.82) is 0 Å². The zero-order valence-electron chi connectivity index (χ0n) is 12.7. The van der Waals surface area contributed by atoms with Gasteiger partial charge in [0, 0.05) is 12.0 Å². The third kappa shape index (κ3) is 3.28. The van der Waals surface area contributed by atoms with E-state index in [-0.39, 0.29) is 10.7 Å². The van der Waals surface area contributed by atoms with E-state index in [1.165, 1.54) is 6.26 Å². The summed E-state index contributed by atoms with van der Waals surface area (Å²) in [6.45, 7) is 1.89. The van der Waals surface area contributed by atoms with E-state index in [1.807, 2.05) is 6.92 Å². The van der Waals surface area contributed by atoms with Gasteiger partial charge in [-0.15, -0.1) is 0 Å². The van der Waals surface area contributed by atoms with Crippen LogP contribution >= 0.6 is 0 Å². The molecule has 0 bridgehead atoms. The Bertz CT molecular complexity index is 833. The molecular formula is C17H17NO4S. The first-order valence-corrected chi connectivity index (χ1v) is 8.81. The predicted octanol–water partition coefficient (Wildman–Crippen LogP) is 2.90. The Kier molecular flexibility index (Phi) is 4.19. The Balaban J connectivity index is 1.95. The summed E-state index contributed by atoms with van der Waals surface area (Å²) in [5, 5.41) is 0. The summed E-state index contributed by atoms with van der Waals surface area (Å²) in [7, 11) is -3.77. The van der Waals surface area contributed by atoms with Crippen molar-refractivity contribution in [3.05, 3.63) is 65.6 Å². The Labute approximate surface area is 135 Å². The zero-order chi connectivity index (χ0) is 16.4. The first-order valence-electron chi connectivity index (χ1n) is 7.33. The number of nitrogens with one attached hydrogen (secondary N) is 1. The number of Topliss-reactive ketones (excluding diaryl/α,β-unsaturated/α-hetero) is 1. The summed E-state index contributed by atoms with van der Waals surface area (Å²) in [4.78, 5) is 12.2. The van der Waals surface area contributed by atoms with Crippen molar-refractivity contribution in [2.24, 2.45) is 0 Å². The summed E-state index contributed by atoms with van der Waals surface area (Å²) in [5.74, 6) is 0.347.